The summed E-state index contributed by atoms with van der Waals surface area (Å²) in [5.41, 5.74) is 2.85. The number of hydrogen-bond donors (Lipinski definition) is 2. The Bertz CT molecular complexity index is 664. The van der Waals surface area contributed by atoms with Gasteiger partial charge in [-0.2, -0.15) is 0 Å². The number of ether oxygens (including phenoxy) is 1. The molecule has 0 unspecified atom stereocenters. The molecule has 3 heterocycles. The number of aromatic amines is 1. The van der Waals surface area contributed by atoms with Crippen molar-refractivity contribution in [3.8, 4) is 0 Å². The topological polar surface area (TPSA) is 79.9 Å². The first kappa shape index (κ1) is 13.1. The second-order valence-corrected chi connectivity index (χ2v) is 5.28. The number of anilines is 1. The smallest absolute Gasteiger partial charge is 0.231 e. The first-order valence-corrected chi connectivity index (χ1v) is 6.80. The van der Waals surface area contributed by atoms with Gasteiger partial charge in [0.1, 0.15) is 17.8 Å². The first-order chi connectivity index (χ1) is 9.58. The molecule has 1 aliphatic rings. The third-order valence-corrected chi connectivity index (χ3v) is 4.05. The van der Waals surface area contributed by atoms with Crippen LogP contribution in [0, 0.1) is 19.8 Å². The van der Waals surface area contributed by atoms with Gasteiger partial charge in [-0.1, -0.05) is 0 Å². The lowest BCUT2D eigenvalue weighted by molar-refractivity contribution is -0.121. The van der Waals surface area contributed by atoms with Gasteiger partial charge in [0.05, 0.1) is 17.4 Å². The summed E-state index contributed by atoms with van der Waals surface area (Å²) in [5, 5.41) is 3.80. The fraction of sp³-hybridized carbons (Fsp3) is 0.500. The van der Waals surface area contributed by atoms with Gasteiger partial charge in [0.25, 0.3) is 0 Å². The van der Waals surface area contributed by atoms with E-state index < -0.39 is 0 Å². The van der Waals surface area contributed by atoms with Gasteiger partial charge in [0.15, 0.2) is 0 Å². The van der Waals surface area contributed by atoms with E-state index in [1.54, 1.807) is 0 Å². The zero-order valence-electron chi connectivity index (χ0n) is 11.9. The number of carbonyl (C=O) groups excluding carboxylic acids is 1. The lowest BCUT2D eigenvalue weighted by atomic mass is 10.0. The molecule has 0 bridgehead atoms. The minimum atomic E-state index is -0.111. The van der Waals surface area contributed by atoms with E-state index in [4.69, 9.17) is 4.74 Å². The molecule has 2 N–H and O–H groups in total. The molecule has 0 radical (unpaired) electrons. The van der Waals surface area contributed by atoms with Crippen molar-refractivity contribution in [3.63, 3.8) is 0 Å². The van der Waals surface area contributed by atoms with Crippen LogP contribution in [-0.2, 0) is 9.53 Å². The van der Waals surface area contributed by atoms with Gasteiger partial charge < -0.3 is 15.0 Å². The van der Waals surface area contributed by atoms with Crippen molar-refractivity contribution in [1.82, 2.24) is 15.0 Å². The van der Waals surface area contributed by atoms with Crippen molar-refractivity contribution in [2.24, 2.45) is 5.92 Å². The number of aryl methyl sites for hydroxylation is 2. The van der Waals surface area contributed by atoms with Crippen LogP contribution >= 0.6 is 0 Å². The maximum atomic E-state index is 12.3. The van der Waals surface area contributed by atoms with Crippen molar-refractivity contribution in [2.45, 2.75) is 33.3 Å². The Morgan fingerprint density at radius 3 is 2.95 bits per heavy atom. The Morgan fingerprint density at radius 1 is 1.45 bits per heavy atom. The van der Waals surface area contributed by atoms with Gasteiger partial charge in [-0.05, 0) is 32.8 Å². The van der Waals surface area contributed by atoms with Crippen molar-refractivity contribution in [1.29, 1.82) is 0 Å². The van der Waals surface area contributed by atoms with Gasteiger partial charge in [-0.3, -0.25) is 4.79 Å². The number of fused-ring (bicyclic) bond motifs is 1. The van der Waals surface area contributed by atoms with Gasteiger partial charge in [-0.25, -0.2) is 9.97 Å². The second-order valence-electron chi connectivity index (χ2n) is 5.28. The third-order valence-electron chi connectivity index (χ3n) is 4.05. The molecule has 1 amide bonds. The quantitative estimate of drug-likeness (QED) is 0.877. The molecule has 0 aliphatic carbocycles. The molecule has 0 saturated carbocycles. The highest BCUT2D eigenvalue weighted by atomic mass is 16.5. The first-order valence-electron chi connectivity index (χ1n) is 6.80. The average molecular weight is 274 g/mol. The molecule has 1 aliphatic heterocycles. The molecule has 6 heteroatoms. The number of amides is 1. The number of hydrogen-bond acceptors (Lipinski definition) is 4. The van der Waals surface area contributed by atoms with E-state index in [0.717, 1.165) is 28.7 Å². The van der Waals surface area contributed by atoms with Gasteiger partial charge in [0, 0.05) is 12.3 Å². The molecular weight excluding hydrogens is 256 g/mol. The van der Waals surface area contributed by atoms with Gasteiger partial charge >= 0.3 is 0 Å². The summed E-state index contributed by atoms with van der Waals surface area (Å²) in [6, 6.07) is 0. The Kier molecular flexibility index (Phi) is 3.17. The largest absolute Gasteiger partial charge is 0.378 e. The van der Waals surface area contributed by atoms with Crippen LogP contribution in [0.15, 0.2) is 6.33 Å². The molecule has 6 nitrogen and oxygen atoms in total. The van der Waals surface area contributed by atoms with E-state index in [1.807, 2.05) is 20.8 Å². The molecule has 20 heavy (non-hydrogen) atoms. The number of H-pyrrole nitrogens is 1. The monoisotopic (exact) mass is 274 g/mol. The Labute approximate surface area is 117 Å². The van der Waals surface area contributed by atoms with E-state index in [-0.39, 0.29) is 17.9 Å². The lowest BCUT2D eigenvalue weighted by Gasteiger charge is -2.14. The predicted molar refractivity (Wildman–Crippen MR) is 75.5 cm³/mol. The summed E-state index contributed by atoms with van der Waals surface area (Å²) in [7, 11) is 0. The van der Waals surface area contributed by atoms with Crippen molar-refractivity contribution >= 4 is 22.8 Å². The molecule has 3 rings (SSSR count). The van der Waals surface area contributed by atoms with E-state index in [2.05, 4.69) is 20.3 Å². The Hall–Kier alpha value is -1.95. The Morgan fingerprint density at radius 2 is 2.25 bits per heavy atom. The molecule has 2 aromatic rings. The van der Waals surface area contributed by atoms with Crippen LogP contribution in [0.5, 0.6) is 0 Å². The highest BCUT2D eigenvalue weighted by Gasteiger charge is 2.31. The van der Waals surface area contributed by atoms with E-state index in [9.17, 15) is 4.79 Å². The zero-order valence-corrected chi connectivity index (χ0v) is 11.9. The maximum absolute atomic E-state index is 12.3. The molecular formula is C14H18N4O2. The van der Waals surface area contributed by atoms with E-state index in [0.29, 0.717) is 12.4 Å². The second kappa shape index (κ2) is 4.86. The molecule has 2 atom stereocenters. The van der Waals surface area contributed by atoms with Crippen molar-refractivity contribution in [3.05, 3.63) is 17.6 Å². The summed E-state index contributed by atoms with van der Waals surface area (Å²) < 4.78 is 5.44. The molecule has 2 aromatic heterocycles. The Balaban J connectivity index is 1.93. The number of carbonyl (C=O) groups is 1. The molecule has 1 fully saturated rings. The van der Waals surface area contributed by atoms with Crippen LogP contribution < -0.4 is 5.32 Å². The fourth-order valence-electron chi connectivity index (χ4n) is 2.67. The standard InChI is InChI=1S/C14H18N4O2/c1-7-8(2)17-12-11(7)13(16-6-15-12)18-14(19)10-4-5-20-9(10)3/h6,9-10H,4-5H2,1-3H3,(H2,15,16,17,18,19)/t9-,10+/m1/s1. The van der Waals surface area contributed by atoms with Gasteiger partial charge in [-0.15, -0.1) is 0 Å². The van der Waals surface area contributed by atoms with Crippen LogP contribution in [0.3, 0.4) is 0 Å². The number of nitrogens with zero attached hydrogens (tertiary/aromatic N) is 2. The SMILES string of the molecule is Cc1[nH]c2ncnc(NC(=O)[C@H]3CCO[C@@H]3C)c2c1C. The number of aromatic nitrogens is 3. The highest BCUT2D eigenvalue weighted by molar-refractivity contribution is 6.01. The highest BCUT2D eigenvalue weighted by Crippen LogP contribution is 2.27. The van der Waals surface area contributed by atoms with Crippen molar-refractivity contribution < 1.29 is 9.53 Å². The zero-order chi connectivity index (χ0) is 14.3. The van der Waals surface area contributed by atoms with Crippen LogP contribution in [-0.4, -0.2) is 33.6 Å². The van der Waals surface area contributed by atoms with Crippen LogP contribution in [0.2, 0.25) is 0 Å². The molecule has 0 aromatic carbocycles. The minimum absolute atomic E-state index is 0.0340. The lowest BCUT2D eigenvalue weighted by Crippen LogP contribution is -2.28. The summed E-state index contributed by atoms with van der Waals surface area (Å²) in [4.78, 5) is 23.9. The predicted octanol–water partition coefficient (Wildman–Crippen LogP) is 1.94. The summed E-state index contributed by atoms with van der Waals surface area (Å²) in [5.74, 6) is 0.426. The molecule has 106 valence electrons. The van der Waals surface area contributed by atoms with Crippen LogP contribution in [0.4, 0.5) is 5.82 Å². The summed E-state index contributed by atoms with van der Waals surface area (Å²) >= 11 is 0. The fourth-order valence-corrected chi connectivity index (χ4v) is 2.67. The summed E-state index contributed by atoms with van der Waals surface area (Å²) in [6.07, 6.45) is 2.18. The van der Waals surface area contributed by atoms with Crippen molar-refractivity contribution in [2.75, 3.05) is 11.9 Å². The van der Waals surface area contributed by atoms with E-state index >= 15 is 0 Å². The molecule has 1 saturated heterocycles. The average Bonchev–Trinajstić information content (AvgIpc) is 2.95. The maximum Gasteiger partial charge on any atom is 0.231 e. The summed E-state index contributed by atoms with van der Waals surface area (Å²) in [6.45, 7) is 6.54. The normalized spacial score (nSPS) is 22.4. The van der Waals surface area contributed by atoms with Gasteiger partial charge in [0.2, 0.25) is 5.91 Å². The molecule has 0 spiro atoms. The minimum Gasteiger partial charge on any atom is -0.378 e. The van der Waals surface area contributed by atoms with Crippen LogP contribution in [0.25, 0.3) is 11.0 Å². The third kappa shape index (κ3) is 2.06. The number of rotatable bonds is 2. The number of nitrogens with one attached hydrogen (secondary N) is 2. The van der Waals surface area contributed by atoms with E-state index in [1.165, 1.54) is 6.33 Å². The van der Waals surface area contributed by atoms with Crippen LogP contribution in [0.1, 0.15) is 24.6 Å².